The minimum absolute atomic E-state index is 0.0799. The first kappa shape index (κ1) is 28.8. The Bertz CT molecular complexity index is 1190. The van der Waals surface area contributed by atoms with Crippen molar-refractivity contribution in [3.63, 3.8) is 0 Å². The molecule has 1 aromatic carbocycles. The van der Waals surface area contributed by atoms with Crippen molar-refractivity contribution in [2.75, 3.05) is 19.6 Å². The molecule has 4 rings (SSSR count). The number of aromatic nitrogens is 2. The largest absolute Gasteiger partial charge is 0.481 e. The standard InChI is InChI=1S/C25H27F7N4O3/c26-23(27)13-35(14-24(23,28)29)10-9-15(11-21(37)38)33-22(39)19-12-20(36(34-19)16-5-1-2-6-16)17-7-3-4-8-18(17)25(30,31)32/h3-4,7-8,12,15-16H,1-2,5-6,9-11,13-14H2,(H,33,39)(H,37,38)/t15-/m0/s1. The highest BCUT2D eigenvalue weighted by molar-refractivity contribution is 5.94. The van der Waals surface area contributed by atoms with E-state index in [9.17, 15) is 45.4 Å². The number of alkyl halides is 7. The van der Waals surface area contributed by atoms with Crippen molar-refractivity contribution in [3.05, 3.63) is 41.6 Å². The molecule has 2 fully saturated rings. The van der Waals surface area contributed by atoms with Crippen LogP contribution in [0.2, 0.25) is 0 Å². The van der Waals surface area contributed by atoms with Gasteiger partial charge in [-0.25, -0.2) is 0 Å². The van der Waals surface area contributed by atoms with Crippen LogP contribution in [0, 0.1) is 0 Å². The summed E-state index contributed by atoms with van der Waals surface area (Å²) in [5, 5.41) is 16.0. The maximum atomic E-state index is 13.7. The smallest absolute Gasteiger partial charge is 0.417 e. The molecule has 1 atom stereocenters. The van der Waals surface area contributed by atoms with Gasteiger partial charge in [0.1, 0.15) is 0 Å². The number of likely N-dealkylation sites (tertiary alicyclic amines) is 1. The van der Waals surface area contributed by atoms with Crippen LogP contribution in [0.5, 0.6) is 0 Å². The minimum Gasteiger partial charge on any atom is -0.481 e. The third-order valence-corrected chi connectivity index (χ3v) is 7.08. The van der Waals surface area contributed by atoms with Crippen LogP contribution < -0.4 is 5.32 Å². The molecule has 2 N–H and O–H groups in total. The summed E-state index contributed by atoms with van der Waals surface area (Å²) >= 11 is 0. The molecule has 1 aromatic heterocycles. The third kappa shape index (κ3) is 6.36. The van der Waals surface area contributed by atoms with Gasteiger partial charge in [-0.1, -0.05) is 31.0 Å². The van der Waals surface area contributed by atoms with Gasteiger partial charge in [0.05, 0.1) is 36.8 Å². The summed E-state index contributed by atoms with van der Waals surface area (Å²) in [4.78, 5) is 25.2. The van der Waals surface area contributed by atoms with Crippen LogP contribution in [0.1, 0.15) is 60.6 Å². The molecule has 14 heteroatoms. The lowest BCUT2D eigenvalue weighted by atomic mass is 10.0. The first-order valence-electron chi connectivity index (χ1n) is 12.4. The number of rotatable bonds is 9. The van der Waals surface area contributed by atoms with Gasteiger partial charge in [0, 0.05) is 18.2 Å². The molecule has 214 valence electrons. The zero-order valence-electron chi connectivity index (χ0n) is 20.7. The van der Waals surface area contributed by atoms with Gasteiger partial charge >= 0.3 is 24.0 Å². The number of carbonyl (C=O) groups is 2. The van der Waals surface area contributed by atoms with Gasteiger partial charge in [0.2, 0.25) is 0 Å². The van der Waals surface area contributed by atoms with Crippen LogP contribution in [0.15, 0.2) is 30.3 Å². The summed E-state index contributed by atoms with van der Waals surface area (Å²) in [6.45, 7) is -2.74. The predicted octanol–water partition coefficient (Wildman–Crippen LogP) is 5.23. The van der Waals surface area contributed by atoms with E-state index in [-0.39, 0.29) is 36.0 Å². The molecule has 2 aliphatic rings. The second kappa shape index (κ2) is 10.8. The Labute approximate surface area is 219 Å². The van der Waals surface area contributed by atoms with E-state index in [0.29, 0.717) is 12.8 Å². The highest BCUT2D eigenvalue weighted by Crippen LogP contribution is 2.41. The first-order valence-corrected chi connectivity index (χ1v) is 12.4. The predicted molar refractivity (Wildman–Crippen MR) is 125 cm³/mol. The lowest BCUT2D eigenvalue weighted by Gasteiger charge is -2.20. The van der Waals surface area contributed by atoms with Gasteiger partial charge < -0.3 is 10.4 Å². The number of carboxylic acid groups (broad SMARTS) is 1. The maximum absolute atomic E-state index is 13.7. The molecular weight excluding hydrogens is 537 g/mol. The highest BCUT2D eigenvalue weighted by atomic mass is 19.4. The fourth-order valence-electron chi connectivity index (χ4n) is 5.13. The zero-order valence-corrected chi connectivity index (χ0v) is 20.7. The van der Waals surface area contributed by atoms with Crippen molar-refractivity contribution in [2.24, 2.45) is 0 Å². The Morgan fingerprint density at radius 1 is 1.08 bits per heavy atom. The molecule has 0 bridgehead atoms. The Hall–Kier alpha value is -3.16. The molecule has 1 amide bonds. The van der Waals surface area contributed by atoms with Crippen LogP contribution in [0.25, 0.3) is 11.3 Å². The van der Waals surface area contributed by atoms with Crippen molar-refractivity contribution in [2.45, 2.75) is 68.6 Å². The number of hydrogen-bond acceptors (Lipinski definition) is 4. The average Bonchev–Trinajstić information content (AvgIpc) is 3.54. The average molecular weight is 565 g/mol. The summed E-state index contributed by atoms with van der Waals surface area (Å²) in [5.41, 5.74) is -1.24. The molecule has 0 spiro atoms. The van der Waals surface area contributed by atoms with Gasteiger partial charge in [-0.2, -0.15) is 35.8 Å². The number of amides is 1. The quantitative estimate of drug-likeness (QED) is 0.408. The van der Waals surface area contributed by atoms with Crippen LogP contribution in [0.3, 0.4) is 0 Å². The fraction of sp³-hybridized carbons (Fsp3) is 0.560. The van der Waals surface area contributed by atoms with Crippen molar-refractivity contribution >= 4 is 11.9 Å². The summed E-state index contributed by atoms with van der Waals surface area (Å²) in [7, 11) is 0. The normalized spacial score (nSPS) is 20.3. The molecule has 39 heavy (non-hydrogen) atoms. The number of hydrogen-bond donors (Lipinski definition) is 2. The van der Waals surface area contributed by atoms with Crippen molar-refractivity contribution < 1.29 is 45.4 Å². The topological polar surface area (TPSA) is 87.5 Å². The van der Waals surface area contributed by atoms with Crippen molar-refractivity contribution in [1.82, 2.24) is 20.0 Å². The van der Waals surface area contributed by atoms with Gasteiger partial charge in [-0.15, -0.1) is 0 Å². The van der Waals surface area contributed by atoms with E-state index in [2.05, 4.69) is 10.4 Å². The molecule has 1 saturated carbocycles. The Morgan fingerprint density at radius 2 is 1.69 bits per heavy atom. The summed E-state index contributed by atoms with van der Waals surface area (Å²) in [5.74, 6) is -10.7. The number of nitrogens with one attached hydrogen (secondary N) is 1. The lowest BCUT2D eigenvalue weighted by molar-refractivity contribution is -0.172. The van der Waals surface area contributed by atoms with E-state index in [1.807, 2.05) is 0 Å². The molecular formula is C25H27F7N4O3. The Morgan fingerprint density at radius 3 is 2.28 bits per heavy atom. The second-order valence-electron chi connectivity index (χ2n) is 10.0. The van der Waals surface area contributed by atoms with E-state index in [4.69, 9.17) is 0 Å². The van der Waals surface area contributed by atoms with Gasteiger partial charge in [-0.05, 0) is 31.4 Å². The Balaban J connectivity index is 1.57. The van der Waals surface area contributed by atoms with E-state index < -0.39 is 61.0 Å². The van der Waals surface area contributed by atoms with E-state index in [0.717, 1.165) is 23.8 Å². The van der Waals surface area contributed by atoms with Crippen LogP contribution in [-0.4, -0.2) is 69.2 Å². The first-order chi connectivity index (χ1) is 18.2. The maximum Gasteiger partial charge on any atom is 0.417 e. The van der Waals surface area contributed by atoms with E-state index in [1.165, 1.54) is 28.9 Å². The van der Waals surface area contributed by atoms with E-state index >= 15 is 0 Å². The number of nitrogens with zero attached hydrogens (tertiary/aromatic N) is 3. The number of carboxylic acids is 1. The molecule has 1 aliphatic heterocycles. The molecule has 2 heterocycles. The third-order valence-electron chi connectivity index (χ3n) is 7.08. The molecule has 1 aliphatic carbocycles. The van der Waals surface area contributed by atoms with Gasteiger partial charge in [0.25, 0.3) is 5.91 Å². The number of aliphatic carboxylic acids is 1. The molecule has 2 aromatic rings. The summed E-state index contributed by atoms with van der Waals surface area (Å²) in [6, 6.07) is 4.73. The van der Waals surface area contributed by atoms with Crippen molar-refractivity contribution in [1.29, 1.82) is 0 Å². The second-order valence-corrected chi connectivity index (χ2v) is 10.0. The molecule has 0 unspecified atom stereocenters. The molecule has 7 nitrogen and oxygen atoms in total. The van der Waals surface area contributed by atoms with Crippen molar-refractivity contribution in [3.8, 4) is 11.3 Å². The number of benzene rings is 1. The van der Waals surface area contributed by atoms with Gasteiger partial charge in [0.15, 0.2) is 5.69 Å². The zero-order chi connectivity index (χ0) is 28.6. The van der Waals surface area contributed by atoms with Gasteiger partial charge in [-0.3, -0.25) is 19.2 Å². The van der Waals surface area contributed by atoms with Crippen LogP contribution in [-0.2, 0) is 11.0 Å². The Kier molecular flexibility index (Phi) is 7.97. The van der Waals surface area contributed by atoms with E-state index in [1.54, 1.807) is 0 Å². The molecule has 0 radical (unpaired) electrons. The SMILES string of the molecule is O=C(O)C[C@H](CCN1CC(F)(F)C(F)(F)C1)NC(=O)c1cc(-c2ccccc2C(F)(F)F)n(C2CCCC2)n1. The number of carbonyl (C=O) groups excluding carboxylic acids is 1. The summed E-state index contributed by atoms with van der Waals surface area (Å²) < 4.78 is 96.7. The number of halogens is 7. The monoisotopic (exact) mass is 564 g/mol. The lowest BCUT2D eigenvalue weighted by Crippen LogP contribution is -2.39. The van der Waals surface area contributed by atoms with Crippen LogP contribution in [0.4, 0.5) is 30.7 Å². The van der Waals surface area contributed by atoms with Crippen LogP contribution >= 0.6 is 0 Å². The molecule has 1 saturated heterocycles. The highest BCUT2D eigenvalue weighted by Gasteiger charge is 2.62. The summed E-state index contributed by atoms with van der Waals surface area (Å²) in [6.07, 6.45) is -2.55. The fourth-order valence-corrected chi connectivity index (χ4v) is 5.13. The minimum atomic E-state index is -4.67.